The number of carbonyl (C=O) groups is 1. The summed E-state index contributed by atoms with van der Waals surface area (Å²) >= 11 is 3.50. The maximum Gasteiger partial charge on any atom is 0.273 e. The number of hydrogen-bond acceptors (Lipinski definition) is 3. The molecule has 1 aromatic heterocycles. The van der Waals surface area contributed by atoms with E-state index in [-0.39, 0.29) is 5.91 Å². The molecule has 3 rings (SSSR count). The second-order valence-electron chi connectivity index (χ2n) is 5.27. The second-order valence-corrected chi connectivity index (χ2v) is 6.06. The topological polar surface area (TPSA) is 75.0 Å². The van der Waals surface area contributed by atoms with Crippen molar-refractivity contribution in [2.75, 3.05) is 19.6 Å². The number of benzene rings is 1. The molecule has 1 aliphatic rings. The molecule has 0 saturated carbocycles. The van der Waals surface area contributed by atoms with E-state index < -0.39 is 0 Å². The summed E-state index contributed by atoms with van der Waals surface area (Å²) in [5, 5.41) is 7.14. The average Bonchev–Trinajstić information content (AvgIpc) is 3.14. The first-order chi connectivity index (χ1) is 10.2. The third kappa shape index (κ3) is 2.73. The minimum atomic E-state index is -0.0208. The van der Waals surface area contributed by atoms with Crippen LogP contribution in [-0.4, -0.2) is 40.6 Å². The molecule has 1 atom stereocenters. The molecule has 3 N–H and O–H groups in total. The van der Waals surface area contributed by atoms with Gasteiger partial charge in [0.25, 0.3) is 5.91 Å². The molecule has 0 radical (unpaired) electrons. The lowest BCUT2D eigenvalue weighted by Gasteiger charge is -2.15. The average molecular weight is 349 g/mol. The molecule has 5 nitrogen and oxygen atoms in total. The third-order valence-electron chi connectivity index (χ3n) is 3.87. The normalized spacial score (nSPS) is 18.2. The molecule has 0 bridgehead atoms. The summed E-state index contributed by atoms with van der Waals surface area (Å²) in [5.74, 6) is 0.386. The molecule has 0 unspecified atom stereocenters. The van der Waals surface area contributed by atoms with Gasteiger partial charge in [0.1, 0.15) is 11.4 Å². The fourth-order valence-electron chi connectivity index (χ4n) is 2.62. The van der Waals surface area contributed by atoms with Crippen molar-refractivity contribution in [3.8, 4) is 11.3 Å². The van der Waals surface area contributed by atoms with Crippen LogP contribution in [0.4, 0.5) is 0 Å². The molecule has 1 amide bonds. The SMILES string of the molecule is NC[C@@H]1CCN(C(=O)c2[nH]nc(-c3ccccc3)c2Br)C1. The fourth-order valence-corrected chi connectivity index (χ4v) is 3.20. The molecule has 6 heteroatoms. The van der Waals surface area contributed by atoms with Crippen molar-refractivity contribution in [2.24, 2.45) is 11.7 Å². The first-order valence-electron chi connectivity index (χ1n) is 6.99. The molecule has 1 saturated heterocycles. The van der Waals surface area contributed by atoms with Crippen molar-refractivity contribution < 1.29 is 4.79 Å². The zero-order valence-electron chi connectivity index (χ0n) is 11.6. The molecule has 2 heterocycles. The monoisotopic (exact) mass is 348 g/mol. The zero-order valence-corrected chi connectivity index (χ0v) is 13.1. The smallest absolute Gasteiger partial charge is 0.273 e. The van der Waals surface area contributed by atoms with Gasteiger partial charge in [0.15, 0.2) is 0 Å². The Morgan fingerprint density at radius 3 is 2.86 bits per heavy atom. The lowest BCUT2D eigenvalue weighted by molar-refractivity contribution is 0.0781. The van der Waals surface area contributed by atoms with Gasteiger partial charge in [0, 0.05) is 18.7 Å². The zero-order chi connectivity index (χ0) is 14.8. The van der Waals surface area contributed by atoms with Crippen molar-refractivity contribution in [2.45, 2.75) is 6.42 Å². The molecular weight excluding hydrogens is 332 g/mol. The highest BCUT2D eigenvalue weighted by atomic mass is 79.9. The van der Waals surface area contributed by atoms with Crippen LogP contribution in [0.2, 0.25) is 0 Å². The van der Waals surface area contributed by atoms with Crippen LogP contribution >= 0.6 is 15.9 Å². The number of likely N-dealkylation sites (tertiary alicyclic amines) is 1. The van der Waals surface area contributed by atoms with Crippen molar-refractivity contribution in [1.29, 1.82) is 0 Å². The number of rotatable bonds is 3. The predicted molar refractivity (Wildman–Crippen MR) is 84.8 cm³/mol. The summed E-state index contributed by atoms with van der Waals surface area (Å²) in [7, 11) is 0. The highest BCUT2D eigenvalue weighted by Gasteiger charge is 2.29. The largest absolute Gasteiger partial charge is 0.337 e. The Labute approximate surface area is 131 Å². The number of amides is 1. The van der Waals surface area contributed by atoms with Crippen LogP contribution in [0, 0.1) is 5.92 Å². The van der Waals surface area contributed by atoms with Gasteiger partial charge in [-0.1, -0.05) is 30.3 Å². The molecule has 0 spiro atoms. The summed E-state index contributed by atoms with van der Waals surface area (Å²) in [6.07, 6.45) is 0.972. The maximum atomic E-state index is 12.6. The number of nitrogens with two attached hydrogens (primary N) is 1. The van der Waals surface area contributed by atoms with Crippen LogP contribution in [0.5, 0.6) is 0 Å². The molecule has 0 aliphatic carbocycles. The number of nitrogens with one attached hydrogen (secondary N) is 1. The van der Waals surface area contributed by atoms with E-state index in [0.717, 1.165) is 35.2 Å². The molecule has 21 heavy (non-hydrogen) atoms. The summed E-state index contributed by atoms with van der Waals surface area (Å²) < 4.78 is 0.717. The number of H-pyrrole nitrogens is 1. The highest BCUT2D eigenvalue weighted by Crippen LogP contribution is 2.30. The van der Waals surface area contributed by atoms with E-state index in [1.807, 2.05) is 35.2 Å². The molecule has 110 valence electrons. The Bertz CT molecular complexity index is 640. The Hall–Kier alpha value is -1.66. The van der Waals surface area contributed by atoms with E-state index in [2.05, 4.69) is 26.1 Å². The van der Waals surface area contributed by atoms with Gasteiger partial charge in [0.2, 0.25) is 0 Å². The minimum absolute atomic E-state index is 0.0208. The van der Waals surface area contributed by atoms with E-state index >= 15 is 0 Å². The third-order valence-corrected chi connectivity index (χ3v) is 4.65. The van der Waals surface area contributed by atoms with Gasteiger partial charge in [-0.2, -0.15) is 5.10 Å². The summed E-state index contributed by atoms with van der Waals surface area (Å²) in [6.45, 7) is 2.11. The Kier molecular flexibility index (Phi) is 4.07. The second kappa shape index (κ2) is 5.99. The number of halogens is 1. The van der Waals surface area contributed by atoms with E-state index in [9.17, 15) is 4.79 Å². The van der Waals surface area contributed by atoms with Gasteiger partial charge < -0.3 is 10.6 Å². The number of nitrogens with zero attached hydrogens (tertiary/aromatic N) is 2. The number of aromatic nitrogens is 2. The first kappa shape index (κ1) is 14.3. The predicted octanol–water partition coefficient (Wildman–Crippen LogP) is 2.26. The van der Waals surface area contributed by atoms with Crippen LogP contribution in [-0.2, 0) is 0 Å². The van der Waals surface area contributed by atoms with Crippen LogP contribution in [0.1, 0.15) is 16.9 Å². The van der Waals surface area contributed by atoms with Crippen LogP contribution in [0.3, 0.4) is 0 Å². The van der Waals surface area contributed by atoms with E-state index in [0.29, 0.717) is 18.2 Å². The number of hydrogen-bond donors (Lipinski definition) is 2. The number of aromatic amines is 1. The molecule has 1 fully saturated rings. The van der Waals surface area contributed by atoms with Crippen LogP contribution in [0.15, 0.2) is 34.8 Å². The molecule has 1 aliphatic heterocycles. The van der Waals surface area contributed by atoms with Crippen molar-refractivity contribution in [1.82, 2.24) is 15.1 Å². The lowest BCUT2D eigenvalue weighted by atomic mass is 10.1. The van der Waals surface area contributed by atoms with Gasteiger partial charge in [0.05, 0.1) is 4.47 Å². The van der Waals surface area contributed by atoms with Gasteiger partial charge in [-0.25, -0.2) is 0 Å². The van der Waals surface area contributed by atoms with Crippen molar-refractivity contribution in [3.05, 3.63) is 40.5 Å². The lowest BCUT2D eigenvalue weighted by Crippen LogP contribution is -2.30. The molecule has 1 aromatic carbocycles. The van der Waals surface area contributed by atoms with Crippen molar-refractivity contribution >= 4 is 21.8 Å². The summed E-state index contributed by atoms with van der Waals surface area (Å²) in [6, 6.07) is 9.78. The standard InChI is InChI=1S/C15H17BrN4O/c16-12-13(11-4-2-1-3-5-11)18-19-14(12)15(21)20-7-6-10(8-17)9-20/h1-5,10H,6-9,17H2,(H,18,19)/t10-/m0/s1. The Morgan fingerprint density at radius 1 is 1.43 bits per heavy atom. The van der Waals surface area contributed by atoms with Crippen LogP contribution < -0.4 is 5.73 Å². The quantitative estimate of drug-likeness (QED) is 0.893. The Balaban J connectivity index is 1.84. The van der Waals surface area contributed by atoms with Crippen LogP contribution in [0.25, 0.3) is 11.3 Å². The van der Waals surface area contributed by atoms with Gasteiger partial charge in [-0.15, -0.1) is 0 Å². The first-order valence-corrected chi connectivity index (χ1v) is 7.78. The minimum Gasteiger partial charge on any atom is -0.337 e. The van der Waals surface area contributed by atoms with E-state index in [4.69, 9.17) is 5.73 Å². The molecule has 2 aromatic rings. The fraction of sp³-hybridized carbons (Fsp3) is 0.333. The van der Waals surface area contributed by atoms with E-state index in [1.54, 1.807) is 0 Å². The van der Waals surface area contributed by atoms with Gasteiger partial charge in [-0.3, -0.25) is 9.89 Å². The number of carbonyl (C=O) groups excluding carboxylic acids is 1. The summed E-state index contributed by atoms with van der Waals surface area (Å²) in [5.41, 5.74) is 7.91. The summed E-state index contributed by atoms with van der Waals surface area (Å²) in [4.78, 5) is 14.4. The molecular formula is C15H17BrN4O. The van der Waals surface area contributed by atoms with Gasteiger partial charge >= 0.3 is 0 Å². The van der Waals surface area contributed by atoms with Gasteiger partial charge in [-0.05, 0) is 34.8 Å². The maximum absolute atomic E-state index is 12.6. The van der Waals surface area contributed by atoms with E-state index in [1.165, 1.54) is 0 Å². The Morgan fingerprint density at radius 2 is 2.19 bits per heavy atom. The highest BCUT2D eigenvalue weighted by molar-refractivity contribution is 9.10. The van der Waals surface area contributed by atoms with Crippen molar-refractivity contribution in [3.63, 3.8) is 0 Å².